The van der Waals surface area contributed by atoms with Gasteiger partial charge in [-0.05, 0) is 32.9 Å². The van der Waals surface area contributed by atoms with Crippen molar-refractivity contribution in [1.29, 1.82) is 0 Å². The van der Waals surface area contributed by atoms with E-state index in [9.17, 15) is 4.79 Å². The molecule has 0 bridgehead atoms. The maximum atomic E-state index is 11.9. The molecule has 6 heteroatoms. The zero-order chi connectivity index (χ0) is 14.7. The van der Waals surface area contributed by atoms with Crippen LogP contribution < -0.4 is 10.1 Å². The van der Waals surface area contributed by atoms with Crippen molar-refractivity contribution in [2.45, 2.75) is 20.8 Å². The van der Waals surface area contributed by atoms with Crippen LogP contribution in [0.25, 0.3) is 0 Å². The Morgan fingerprint density at radius 1 is 1.35 bits per heavy atom. The fourth-order valence-corrected chi connectivity index (χ4v) is 1.90. The number of hydrogen-bond acceptors (Lipinski definition) is 4. The van der Waals surface area contributed by atoms with Gasteiger partial charge in [-0.3, -0.25) is 14.5 Å². The zero-order valence-electron chi connectivity index (χ0n) is 12.1. The molecule has 0 aliphatic heterocycles. The van der Waals surface area contributed by atoms with Crippen LogP contribution in [0.3, 0.4) is 0 Å². The Hall–Kier alpha value is -2.37. The van der Waals surface area contributed by atoms with Crippen LogP contribution in [0.4, 0.5) is 5.69 Å². The molecule has 0 aromatic carbocycles. The monoisotopic (exact) mass is 274 g/mol. The molecular formula is C14H18N4O2. The SMILES string of the molecule is Cc1ncccc1NC(=O)COc1c(C)nn(C)c1C. The lowest BCUT2D eigenvalue weighted by molar-refractivity contribution is -0.118. The average molecular weight is 274 g/mol. The molecule has 2 aromatic rings. The summed E-state index contributed by atoms with van der Waals surface area (Å²) in [6, 6.07) is 3.58. The van der Waals surface area contributed by atoms with E-state index in [-0.39, 0.29) is 12.5 Å². The van der Waals surface area contributed by atoms with Crippen LogP contribution in [-0.2, 0) is 11.8 Å². The fraction of sp³-hybridized carbons (Fsp3) is 0.357. The van der Waals surface area contributed by atoms with E-state index in [2.05, 4.69) is 15.4 Å². The number of carbonyl (C=O) groups excluding carboxylic acids is 1. The first-order valence-electron chi connectivity index (χ1n) is 6.33. The normalized spacial score (nSPS) is 10.4. The van der Waals surface area contributed by atoms with Gasteiger partial charge in [0, 0.05) is 13.2 Å². The minimum absolute atomic E-state index is 0.0539. The first-order valence-corrected chi connectivity index (χ1v) is 6.33. The molecule has 1 amide bonds. The van der Waals surface area contributed by atoms with Crippen LogP contribution in [0, 0.1) is 20.8 Å². The molecule has 0 atom stereocenters. The Morgan fingerprint density at radius 2 is 2.10 bits per heavy atom. The van der Waals surface area contributed by atoms with Gasteiger partial charge in [0.1, 0.15) is 5.69 Å². The lowest BCUT2D eigenvalue weighted by atomic mass is 10.3. The van der Waals surface area contributed by atoms with E-state index in [1.807, 2.05) is 27.8 Å². The molecule has 6 nitrogen and oxygen atoms in total. The molecule has 2 aromatic heterocycles. The van der Waals surface area contributed by atoms with Crippen molar-refractivity contribution in [2.75, 3.05) is 11.9 Å². The minimum Gasteiger partial charge on any atom is -0.480 e. The Bertz CT molecular complexity index is 634. The van der Waals surface area contributed by atoms with Crippen LogP contribution in [0.15, 0.2) is 18.3 Å². The zero-order valence-corrected chi connectivity index (χ0v) is 12.1. The molecule has 106 valence electrons. The van der Waals surface area contributed by atoms with Crippen molar-refractivity contribution < 1.29 is 9.53 Å². The topological polar surface area (TPSA) is 69.0 Å². The summed E-state index contributed by atoms with van der Waals surface area (Å²) in [7, 11) is 1.84. The summed E-state index contributed by atoms with van der Waals surface area (Å²) in [5.41, 5.74) is 3.14. The van der Waals surface area contributed by atoms with Crippen LogP contribution in [-0.4, -0.2) is 27.3 Å². The Morgan fingerprint density at radius 3 is 2.70 bits per heavy atom. The molecular weight excluding hydrogens is 256 g/mol. The third kappa shape index (κ3) is 2.96. The molecule has 0 aliphatic carbocycles. The summed E-state index contributed by atoms with van der Waals surface area (Å²) in [4.78, 5) is 16.0. The first-order chi connectivity index (χ1) is 9.49. The highest BCUT2D eigenvalue weighted by Gasteiger charge is 2.13. The van der Waals surface area contributed by atoms with Crippen LogP contribution in [0.5, 0.6) is 5.75 Å². The molecule has 0 spiro atoms. The van der Waals surface area contributed by atoms with E-state index < -0.39 is 0 Å². The maximum absolute atomic E-state index is 11.9. The maximum Gasteiger partial charge on any atom is 0.262 e. The Kier molecular flexibility index (Phi) is 4.02. The van der Waals surface area contributed by atoms with Crippen molar-refractivity contribution in [3.63, 3.8) is 0 Å². The summed E-state index contributed by atoms with van der Waals surface area (Å²) < 4.78 is 7.28. The van der Waals surface area contributed by atoms with Crippen LogP contribution in [0.1, 0.15) is 17.1 Å². The fourth-order valence-electron chi connectivity index (χ4n) is 1.90. The van der Waals surface area contributed by atoms with Gasteiger partial charge < -0.3 is 10.1 Å². The summed E-state index contributed by atoms with van der Waals surface area (Å²) in [6.45, 7) is 5.54. The van der Waals surface area contributed by atoms with Gasteiger partial charge in [-0.25, -0.2) is 0 Å². The van der Waals surface area contributed by atoms with E-state index in [0.29, 0.717) is 11.4 Å². The molecule has 0 saturated heterocycles. The van der Waals surface area contributed by atoms with Gasteiger partial charge in [0.15, 0.2) is 12.4 Å². The predicted molar refractivity (Wildman–Crippen MR) is 75.8 cm³/mol. The van der Waals surface area contributed by atoms with Gasteiger partial charge in [0.05, 0.1) is 17.1 Å². The predicted octanol–water partition coefficient (Wildman–Crippen LogP) is 1.76. The van der Waals surface area contributed by atoms with Gasteiger partial charge in [0.25, 0.3) is 5.91 Å². The first kappa shape index (κ1) is 14.0. The summed E-state index contributed by atoms with van der Waals surface area (Å²) in [6.07, 6.45) is 1.68. The molecule has 0 unspecified atom stereocenters. The van der Waals surface area contributed by atoms with Gasteiger partial charge in [-0.15, -0.1) is 0 Å². The van der Waals surface area contributed by atoms with Crippen LogP contribution >= 0.6 is 0 Å². The van der Waals surface area contributed by atoms with Crippen LogP contribution in [0.2, 0.25) is 0 Å². The van der Waals surface area contributed by atoms with Gasteiger partial charge >= 0.3 is 0 Å². The molecule has 2 rings (SSSR count). The average Bonchev–Trinajstić information content (AvgIpc) is 2.64. The second kappa shape index (κ2) is 5.73. The van der Waals surface area contributed by atoms with Crippen molar-refractivity contribution in [1.82, 2.24) is 14.8 Å². The van der Waals surface area contributed by atoms with Crippen molar-refractivity contribution in [3.8, 4) is 5.75 Å². The second-order valence-electron chi connectivity index (χ2n) is 4.60. The summed E-state index contributed by atoms with van der Waals surface area (Å²) >= 11 is 0. The van der Waals surface area contributed by atoms with E-state index in [0.717, 1.165) is 17.1 Å². The molecule has 0 saturated carbocycles. The van der Waals surface area contributed by atoms with Crippen molar-refractivity contribution in [3.05, 3.63) is 35.4 Å². The highest BCUT2D eigenvalue weighted by atomic mass is 16.5. The number of amides is 1. The summed E-state index contributed by atoms with van der Waals surface area (Å²) in [5.74, 6) is 0.439. The number of pyridine rings is 1. The third-order valence-corrected chi connectivity index (χ3v) is 3.07. The van der Waals surface area contributed by atoms with E-state index in [1.165, 1.54) is 0 Å². The molecule has 2 heterocycles. The molecule has 0 aliphatic rings. The number of nitrogens with zero attached hydrogens (tertiary/aromatic N) is 3. The lowest BCUT2D eigenvalue weighted by Gasteiger charge is -2.09. The second-order valence-corrected chi connectivity index (χ2v) is 4.60. The summed E-state index contributed by atoms with van der Waals surface area (Å²) in [5, 5.41) is 7.01. The van der Waals surface area contributed by atoms with Gasteiger partial charge in [-0.1, -0.05) is 0 Å². The van der Waals surface area contributed by atoms with Crippen molar-refractivity contribution in [2.24, 2.45) is 7.05 Å². The highest BCUT2D eigenvalue weighted by molar-refractivity contribution is 5.92. The lowest BCUT2D eigenvalue weighted by Crippen LogP contribution is -2.21. The van der Waals surface area contributed by atoms with Crippen molar-refractivity contribution >= 4 is 11.6 Å². The van der Waals surface area contributed by atoms with Gasteiger partial charge in [0.2, 0.25) is 0 Å². The Labute approximate surface area is 117 Å². The standard InChI is InChI=1S/C14H18N4O2/c1-9-12(6-5-7-15-9)16-13(19)8-20-14-10(2)17-18(4)11(14)3/h5-7H,8H2,1-4H3,(H,16,19). The molecule has 20 heavy (non-hydrogen) atoms. The minimum atomic E-state index is -0.219. The number of nitrogens with one attached hydrogen (secondary N) is 1. The number of rotatable bonds is 4. The number of aromatic nitrogens is 3. The molecule has 1 N–H and O–H groups in total. The Balaban J connectivity index is 1.98. The smallest absolute Gasteiger partial charge is 0.262 e. The molecule has 0 radical (unpaired) electrons. The number of hydrogen-bond donors (Lipinski definition) is 1. The quantitative estimate of drug-likeness (QED) is 0.922. The largest absolute Gasteiger partial charge is 0.480 e. The third-order valence-electron chi connectivity index (χ3n) is 3.07. The van der Waals surface area contributed by atoms with E-state index in [4.69, 9.17) is 4.74 Å². The van der Waals surface area contributed by atoms with E-state index >= 15 is 0 Å². The van der Waals surface area contributed by atoms with Gasteiger partial charge in [-0.2, -0.15) is 5.10 Å². The van der Waals surface area contributed by atoms with E-state index in [1.54, 1.807) is 23.0 Å². The highest BCUT2D eigenvalue weighted by Crippen LogP contribution is 2.21. The molecule has 0 fully saturated rings. The number of anilines is 1. The number of aryl methyl sites for hydroxylation is 3. The number of ether oxygens (including phenoxy) is 1. The number of carbonyl (C=O) groups is 1.